The lowest BCUT2D eigenvalue weighted by Gasteiger charge is -2.09. The van der Waals surface area contributed by atoms with Crippen molar-refractivity contribution >= 4 is 5.69 Å². The number of para-hydroxylation sites is 1. The van der Waals surface area contributed by atoms with E-state index in [1.165, 1.54) is 0 Å². The average Bonchev–Trinajstić information content (AvgIpc) is 3.00. The Morgan fingerprint density at radius 2 is 1.70 bits per heavy atom. The van der Waals surface area contributed by atoms with Gasteiger partial charge in [-0.25, -0.2) is 0 Å². The summed E-state index contributed by atoms with van der Waals surface area (Å²) >= 11 is 0. The van der Waals surface area contributed by atoms with Crippen molar-refractivity contribution in [2.45, 2.75) is 6.54 Å². The first kappa shape index (κ1) is 12.4. The van der Waals surface area contributed by atoms with Crippen LogP contribution in [-0.4, -0.2) is 4.98 Å². The summed E-state index contributed by atoms with van der Waals surface area (Å²) in [4.78, 5) is 3.17. The van der Waals surface area contributed by atoms with Crippen molar-refractivity contribution in [1.82, 2.24) is 4.98 Å². The second kappa shape index (κ2) is 5.97. The van der Waals surface area contributed by atoms with Gasteiger partial charge in [-0.3, -0.25) is 0 Å². The molecule has 100 valence electrons. The molecule has 0 saturated heterocycles. The maximum Gasteiger partial charge on any atom is 0.129 e. The van der Waals surface area contributed by atoms with Crippen LogP contribution in [0.15, 0.2) is 72.9 Å². The first-order valence-electron chi connectivity index (χ1n) is 6.59. The standard InChI is InChI=1S/C17H16N2O/c1-2-8-16(9-3-1)20-17-10-4-6-14(12-17)19-13-15-7-5-11-18-15/h1-12,18-19H,13H2. The number of nitrogens with one attached hydrogen (secondary N) is 2. The van der Waals surface area contributed by atoms with Gasteiger partial charge < -0.3 is 15.0 Å². The SMILES string of the molecule is c1ccc(Oc2cccc(NCc3ccc[nH]3)c2)cc1. The molecule has 0 aliphatic carbocycles. The average molecular weight is 264 g/mol. The lowest BCUT2D eigenvalue weighted by molar-refractivity contribution is 0.483. The number of benzene rings is 2. The summed E-state index contributed by atoms with van der Waals surface area (Å²) in [6, 6.07) is 21.8. The minimum Gasteiger partial charge on any atom is -0.457 e. The Labute approximate surface area is 118 Å². The van der Waals surface area contributed by atoms with E-state index >= 15 is 0 Å². The predicted octanol–water partition coefficient (Wildman–Crippen LogP) is 4.42. The Kier molecular flexibility index (Phi) is 3.69. The molecule has 0 spiro atoms. The van der Waals surface area contributed by atoms with Crippen LogP contribution in [0, 0.1) is 0 Å². The van der Waals surface area contributed by atoms with Gasteiger partial charge in [0.2, 0.25) is 0 Å². The van der Waals surface area contributed by atoms with Crippen LogP contribution < -0.4 is 10.1 Å². The van der Waals surface area contributed by atoms with Gasteiger partial charge in [0, 0.05) is 23.6 Å². The molecule has 0 atom stereocenters. The minimum absolute atomic E-state index is 0.766. The summed E-state index contributed by atoms with van der Waals surface area (Å²) in [6.45, 7) is 0.766. The van der Waals surface area contributed by atoms with Gasteiger partial charge in [0.1, 0.15) is 11.5 Å². The monoisotopic (exact) mass is 264 g/mol. The first-order chi connectivity index (χ1) is 9.90. The number of hydrogen-bond donors (Lipinski definition) is 2. The maximum atomic E-state index is 5.81. The molecule has 3 rings (SSSR count). The Balaban J connectivity index is 1.66. The van der Waals surface area contributed by atoms with E-state index in [0.717, 1.165) is 29.4 Å². The molecule has 1 aromatic heterocycles. The van der Waals surface area contributed by atoms with Crippen LogP contribution in [0.4, 0.5) is 5.69 Å². The van der Waals surface area contributed by atoms with Gasteiger partial charge in [-0.15, -0.1) is 0 Å². The fraction of sp³-hybridized carbons (Fsp3) is 0.0588. The molecule has 0 amide bonds. The third kappa shape index (κ3) is 3.20. The molecule has 0 radical (unpaired) electrons. The van der Waals surface area contributed by atoms with Crippen molar-refractivity contribution in [1.29, 1.82) is 0 Å². The van der Waals surface area contributed by atoms with Gasteiger partial charge in [0.25, 0.3) is 0 Å². The number of ether oxygens (including phenoxy) is 1. The van der Waals surface area contributed by atoms with Gasteiger partial charge in [-0.2, -0.15) is 0 Å². The molecule has 2 N–H and O–H groups in total. The third-order valence-electron chi connectivity index (χ3n) is 2.96. The lowest BCUT2D eigenvalue weighted by Crippen LogP contribution is -1.99. The normalized spacial score (nSPS) is 10.2. The summed E-state index contributed by atoms with van der Waals surface area (Å²) in [5, 5.41) is 3.36. The molecule has 0 saturated carbocycles. The number of rotatable bonds is 5. The van der Waals surface area contributed by atoms with Crippen LogP contribution in [0.2, 0.25) is 0 Å². The minimum atomic E-state index is 0.766. The van der Waals surface area contributed by atoms with E-state index in [2.05, 4.69) is 16.4 Å². The topological polar surface area (TPSA) is 37.0 Å². The largest absolute Gasteiger partial charge is 0.457 e. The molecule has 3 heteroatoms. The van der Waals surface area contributed by atoms with Crippen molar-refractivity contribution in [2.24, 2.45) is 0 Å². The van der Waals surface area contributed by atoms with E-state index in [1.807, 2.05) is 66.9 Å². The van der Waals surface area contributed by atoms with E-state index in [0.29, 0.717) is 0 Å². The fourth-order valence-corrected chi connectivity index (χ4v) is 1.97. The van der Waals surface area contributed by atoms with E-state index in [4.69, 9.17) is 4.74 Å². The van der Waals surface area contributed by atoms with Crippen molar-refractivity contribution in [3.63, 3.8) is 0 Å². The quantitative estimate of drug-likeness (QED) is 0.715. The molecule has 0 aliphatic rings. The summed E-state index contributed by atoms with van der Waals surface area (Å²) < 4.78 is 5.81. The predicted molar refractivity (Wildman–Crippen MR) is 81.1 cm³/mol. The molecular weight excluding hydrogens is 248 g/mol. The van der Waals surface area contributed by atoms with Crippen LogP contribution in [-0.2, 0) is 6.54 Å². The van der Waals surface area contributed by atoms with Crippen LogP contribution in [0.25, 0.3) is 0 Å². The summed E-state index contributed by atoms with van der Waals surface area (Å²) in [5.74, 6) is 1.67. The van der Waals surface area contributed by atoms with E-state index in [9.17, 15) is 0 Å². The van der Waals surface area contributed by atoms with Gasteiger partial charge in [0.05, 0.1) is 6.54 Å². The number of anilines is 1. The van der Waals surface area contributed by atoms with E-state index in [-0.39, 0.29) is 0 Å². The van der Waals surface area contributed by atoms with Crippen LogP contribution in [0.5, 0.6) is 11.5 Å². The first-order valence-corrected chi connectivity index (χ1v) is 6.59. The highest BCUT2D eigenvalue weighted by molar-refractivity contribution is 5.49. The summed E-state index contributed by atoms with van der Waals surface area (Å²) in [5.41, 5.74) is 2.19. The number of hydrogen-bond acceptors (Lipinski definition) is 2. The molecule has 0 unspecified atom stereocenters. The highest BCUT2D eigenvalue weighted by atomic mass is 16.5. The second-order valence-corrected chi connectivity index (χ2v) is 4.49. The van der Waals surface area contributed by atoms with Gasteiger partial charge in [0.15, 0.2) is 0 Å². The van der Waals surface area contributed by atoms with Crippen molar-refractivity contribution in [3.05, 3.63) is 78.6 Å². The molecule has 3 aromatic rings. The Bertz CT molecular complexity index is 648. The Morgan fingerprint density at radius 1 is 0.850 bits per heavy atom. The van der Waals surface area contributed by atoms with Crippen molar-refractivity contribution in [2.75, 3.05) is 5.32 Å². The zero-order valence-corrected chi connectivity index (χ0v) is 11.0. The highest BCUT2D eigenvalue weighted by Gasteiger charge is 1.99. The molecule has 0 bridgehead atoms. The summed E-state index contributed by atoms with van der Waals surface area (Å²) in [6.07, 6.45) is 1.92. The van der Waals surface area contributed by atoms with Gasteiger partial charge in [-0.05, 0) is 36.4 Å². The van der Waals surface area contributed by atoms with Crippen molar-refractivity contribution < 1.29 is 4.74 Å². The fourth-order valence-electron chi connectivity index (χ4n) is 1.97. The highest BCUT2D eigenvalue weighted by Crippen LogP contribution is 2.23. The Hall–Kier alpha value is -2.68. The van der Waals surface area contributed by atoms with E-state index in [1.54, 1.807) is 0 Å². The summed E-state index contributed by atoms with van der Waals surface area (Å²) in [7, 11) is 0. The molecule has 3 nitrogen and oxygen atoms in total. The smallest absolute Gasteiger partial charge is 0.129 e. The van der Waals surface area contributed by atoms with Gasteiger partial charge >= 0.3 is 0 Å². The number of aromatic amines is 1. The van der Waals surface area contributed by atoms with Crippen LogP contribution in [0.3, 0.4) is 0 Å². The Morgan fingerprint density at radius 3 is 2.50 bits per heavy atom. The van der Waals surface area contributed by atoms with E-state index < -0.39 is 0 Å². The lowest BCUT2D eigenvalue weighted by atomic mass is 10.3. The maximum absolute atomic E-state index is 5.81. The number of H-pyrrole nitrogens is 1. The third-order valence-corrected chi connectivity index (χ3v) is 2.96. The number of aromatic nitrogens is 1. The zero-order valence-electron chi connectivity index (χ0n) is 11.0. The van der Waals surface area contributed by atoms with Crippen molar-refractivity contribution in [3.8, 4) is 11.5 Å². The molecule has 0 fully saturated rings. The molecular formula is C17H16N2O. The molecule has 0 aliphatic heterocycles. The van der Waals surface area contributed by atoms with Gasteiger partial charge in [-0.1, -0.05) is 24.3 Å². The molecule has 2 aromatic carbocycles. The van der Waals surface area contributed by atoms with Crippen LogP contribution >= 0.6 is 0 Å². The van der Waals surface area contributed by atoms with Crippen LogP contribution in [0.1, 0.15) is 5.69 Å². The zero-order chi connectivity index (χ0) is 13.6. The second-order valence-electron chi connectivity index (χ2n) is 4.49. The molecule has 20 heavy (non-hydrogen) atoms. The molecule has 1 heterocycles.